The Morgan fingerprint density at radius 3 is 1.79 bits per heavy atom. The Balaban J connectivity index is 5.53. The van der Waals surface area contributed by atoms with E-state index in [1.807, 2.05) is 5.32 Å². The number of amides is 5. The first kappa shape index (κ1) is 29.7. The Hall–Kier alpha value is -3.30. The molecule has 0 heterocycles. The predicted molar refractivity (Wildman–Crippen MR) is 114 cm³/mol. The van der Waals surface area contributed by atoms with Gasteiger partial charge in [-0.15, -0.1) is 0 Å². The van der Waals surface area contributed by atoms with Gasteiger partial charge in [0.2, 0.25) is 29.5 Å². The lowest BCUT2D eigenvalue weighted by Gasteiger charge is -2.25. The van der Waals surface area contributed by atoms with E-state index in [1.54, 1.807) is 0 Å². The molecule has 5 unspecified atom stereocenters. The summed E-state index contributed by atoms with van der Waals surface area (Å²) in [6.45, 7) is 1.44. The number of unbranched alkanes of at least 4 members (excludes halogenated alkanes) is 1. The number of hydrogen-bond donors (Lipinski definition) is 9. The predicted octanol–water partition coefficient (Wildman–Crippen LogP) is -4.89. The van der Waals surface area contributed by atoms with E-state index in [0.717, 1.165) is 6.92 Å². The van der Waals surface area contributed by atoms with Gasteiger partial charge in [-0.1, -0.05) is 0 Å². The summed E-state index contributed by atoms with van der Waals surface area (Å²) in [5.74, 6) is -6.18. The van der Waals surface area contributed by atoms with E-state index in [4.69, 9.17) is 28.0 Å². The van der Waals surface area contributed by atoms with Gasteiger partial charge in [-0.3, -0.25) is 24.0 Å². The number of nitrogens with one attached hydrogen (secondary N) is 3. The van der Waals surface area contributed by atoms with Crippen molar-refractivity contribution in [2.75, 3.05) is 6.54 Å². The lowest BCUT2D eigenvalue weighted by Crippen LogP contribution is -2.59. The van der Waals surface area contributed by atoms with Crippen LogP contribution in [0.1, 0.15) is 39.0 Å². The summed E-state index contributed by atoms with van der Waals surface area (Å²) < 4.78 is 0. The molecule has 0 aromatic heterocycles. The monoisotopic (exact) mass is 475 g/mol. The van der Waals surface area contributed by atoms with Crippen LogP contribution in [0.4, 0.5) is 0 Å². The highest BCUT2D eigenvalue weighted by molar-refractivity contribution is 5.96. The van der Waals surface area contributed by atoms with Crippen LogP contribution in [-0.4, -0.2) is 82.5 Å². The topological polar surface area (TPSA) is 283 Å². The smallest absolute Gasteiger partial charge is 0.328 e. The van der Waals surface area contributed by atoms with Crippen LogP contribution < -0.4 is 38.9 Å². The van der Waals surface area contributed by atoms with Crippen LogP contribution in [-0.2, 0) is 28.8 Å². The van der Waals surface area contributed by atoms with Gasteiger partial charge in [0.25, 0.3) is 0 Å². The Bertz CT molecular complexity index is 731. The van der Waals surface area contributed by atoms with Gasteiger partial charge in [-0.05, 0) is 32.7 Å². The molecule has 0 aliphatic heterocycles. The molecule has 0 aromatic carbocycles. The second-order valence-electron chi connectivity index (χ2n) is 7.42. The molecule has 15 heteroatoms. The first-order valence-corrected chi connectivity index (χ1v) is 10.1. The first-order valence-electron chi connectivity index (χ1n) is 10.1. The number of aliphatic hydroxyl groups excluding tert-OH is 1. The SMILES string of the molecule is CC(O)C(NC(=O)C(CC(N)=O)NC(=O)C(CCCCN)NC(=O)C(N)CC(N)=O)C(=O)O. The number of carbonyl (C=O) groups excluding carboxylic acids is 5. The second-order valence-corrected chi connectivity index (χ2v) is 7.42. The highest BCUT2D eigenvalue weighted by atomic mass is 16.4. The summed E-state index contributed by atoms with van der Waals surface area (Å²) in [6.07, 6.45) is -1.65. The zero-order valence-electron chi connectivity index (χ0n) is 18.3. The van der Waals surface area contributed by atoms with Crippen LogP contribution in [0.3, 0.4) is 0 Å². The van der Waals surface area contributed by atoms with Crippen LogP contribution in [0, 0.1) is 0 Å². The number of primary amides is 2. The molecule has 0 bridgehead atoms. The summed E-state index contributed by atoms with van der Waals surface area (Å²) >= 11 is 0. The summed E-state index contributed by atoms with van der Waals surface area (Å²) in [5, 5.41) is 25.2. The minimum atomic E-state index is -1.71. The third kappa shape index (κ3) is 11.8. The molecule has 5 atom stereocenters. The van der Waals surface area contributed by atoms with Crippen molar-refractivity contribution in [2.24, 2.45) is 22.9 Å². The minimum absolute atomic E-state index is 0.0778. The molecule has 0 radical (unpaired) electrons. The van der Waals surface area contributed by atoms with Gasteiger partial charge >= 0.3 is 5.97 Å². The molecule has 0 saturated carbocycles. The van der Waals surface area contributed by atoms with E-state index in [-0.39, 0.29) is 6.42 Å². The van der Waals surface area contributed by atoms with Crippen LogP contribution in [0.15, 0.2) is 0 Å². The third-order valence-electron chi connectivity index (χ3n) is 4.42. The molecular weight excluding hydrogens is 442 g/mol. The lowest BCUT2D eigenvalue weighted by atomic mass is 10.1. The van der Waals surface area contributed by atoms with Crippen LogP contribution in [0.25, 0.3) is 0 Å². The maximum atomic E-state index is 12.8. The number of carbonyl (C=O) groups is 6. The van der Waals surface area contributed by atoms with E-state index < -0.39 is 78.6 Å². The van der Waals surface area contributed by atoms with Crippen molar-refractivity contribution in [1.82, 2.24) is 16.0 Å². The van der Waals surface area contributed by atoms with Crippen LogP contribution >= 0.6 is 0 Å². The van der Waals surface area contributed by atoms with Crippen molar-refractivity contribution >= 4 is 35.5 Å². The molecule has 0 saturated heterocycles. The molecule has 0 rings (SSSR count). The molecule has 33 heavy (non-hydrogen) atoms. The fourth-order valence-corrected chi connectivity index (χ4v) is 2.68. The quantitative estimate of drug-likeness (QED) is 0.0958. The van der Waals surface area contributed by atoms with Crippen molar-refractivity contribution in [2.45, 2.75) is 69.3 Å². The lowest BCUT2D eigenvalue weighted by molar-refractivity contribution is -0.145. The highest BCUT2D eigenvalue weighted by Gasteiger charge is 2.32. The summed E-state index contributed by atoms with van der Waals surface area (Å²) in [7, 11) is 0. The molecule has 0 aromatic rings. The minimum Gasteiger partial charge on any atom is -0.480 e. The van der Waals surface area contributed by atoms with Gasteiger partial charge < -0.3 is 49.1 Å². The number of nitrogens with two attached hydrogens (primary N) is 4. The largest absolute Gasteiger partial charge is 0.480 e. The highest BCUT2D eigenvalue weighted by Crippen LogP contribution is 2.05. The average molecular weight is 476 g/mol. The summed E-state index contributed by atoms with van der Waals surface area (Å²) in [4.78, 5) is 71.0. The van der Waals surface area contributed by atoms with E-state index >= 15 is 0 Å². The van der Waals surface area contributed by atoms with Crippen molar-refractivity contribution in [3.63, 3.8) is 0 Å². The van der Waals surface area contributed by atoms with Gasteiger partial charge in [0.1, 0.15) is 12.1 Å². The van der Waals surface area contributed by atoms with Crippen molar-refractivity contribution < 1.29 is 39.0 Å². The van der Waals surface area contributed by atoms with Gasteiger partial charge in [-0.25, -0.2) is 4.79 Å². The molecule has 0 fully saturated rings. The van der Waals surface area contributed by atoms with E-state index in [0.29, 0.717) is 19.4 Å². The molecule has 5 amide bonds. The van der Waals surface area contributed by atoms with Gasteiger partial charge in [0, 0.05) is 0 Å². The Morgan fingerprint density at radius 2 is 1.33 bits per heavy atom. The average Bonchev–Trinajstić information content (AvgIpc) is 2.68. The number of carboxylic acid groups (broad SMARTS) is 1. The Labute approximate surface area is 190 Å². The molecular formula is C18H33N7O8. The molecule has 188 valence electrons. The van der Waals surface area contributed by atoms with Crippen molar-refractivity contribution in [3.8, 4) is 0 Å². The number of rotatable bonds is 16. The Morgan fingerprint density at radius 1 is 0.818 bits per heavy atom. The van der Waals surface area contributed by atoms with Gasteiger partial charge in [-0.2, -0.15) is 0 Å². The number of carboxylic acids is 1. The molecule has 13 N–H and O–H groups in total. The van der Waals surface area contributed by atoms with E-state index in [9.17, 15) is 33.9 Å². The second kappa shape index (κ2) is 14.7. The number of aliphatic hydroxyl groups is 1. The van der Waals surface area contributed by atoms with Gasteiger partial charge in [0.05, 0.1) is 25.0 Å². The van der Waals surface area contributed by atoms with Gasteiger partial charge in [0.15, 0.2) is 6.04 Å². The summed E-state index contributed by atoms with van der Waals surface area (Å²) in [6, 6.07) is -5.85. The molecule has 0 aliphatic carbocycles. The third-order valence-corrected chi connectivity index (χ3v) is 4.42. The molecule has 0 spiro atoms. The fourth-order valence-electron chi connectivity index (χ4n) is 2.68. The first-order chi connectivity index (χ1) is 15.3. The van der Waals surface area contributed by atoms with Crippen molar-refractivity contribution in [1.29, 1.82) is 0 Å². The van der Waals surface area contributed by atoms with E-state index in [2.05, 4.69) is 10.6 Å². The number of aliphatic carboxylic acids is 1. The number of hydrogen-bond acceptors (Lipinski definition) is 9. The standard InChI is InChI=1S/C18H33N7O8/c1-8(26)14(18(32)33)25-17(31)11(7-13(22)28)24-16(30)10(4-2-3-5-19)23-15(29)9(20)6-12(21)27/h8-11,14,26H,2-7,19-20H2,1H3,(H2,21,27)(H2,22,28)(H,23,29)(H,24,30)(H,25,31)(H,32,33). The summed E-state index contributed by atoms with van der Waals surface area (Å²) in [5.41, 5.74) is 21.1. The van der Waals surface area contributed by atoms with E-state index in [1.165, 1.54) is 0 Å². The fraction of sp³-hybridized carbons (Fsp3) is 0.667. The molecule has 15 nitrogen and oxygen atoms in total. The van der Waals surface area contributed by atoms with Crippen LogP contribution in [0.5, 0.6) is 0 Å². The normalized spacial score (nSPS) is 15.3. The zero-order chi connectivity index (χ0) is 25.7. The maximum Gasteiger partial charge on any atom is 0.328 e. The molecule has 0 aliphatic rings. The zero-order valence-corrected chi connectivity index (χ0v) is 18.3. The van der Waals surface area contributed by atoms with Crippen LogP contribution in [0.2, 0.25) is 0 Å². The Kier molecular flexibility index (Phi) is 13.2. The van der Waals surface area contributed by atoms with Crippen molar-refractivity contribution in [3.05, 3.63) is 0 Å². The maximum absolute atomic E-state index is 12.8.